The lowest BCUT2D eigenvalue weighted by Gasteiger charge is -2.09. The summed E-state index contributed by atoms with van der Waals surface area (Å²) in [7, 11) is 0. The Kier molecular flexibility index (Phi) is 8.39. The molecule has 3 aromatic carbocycles. The molecule has 4 rings (SSSR count). The number of hydrogen-bond donors (Lipinski definition) is 2. The summed E-state index contributed by atoms with van der Waals surface area (Å²) in [5.74, 6) is -1.27. The van der Waals surface area contributed by atoms with Crippen LogP contribution in [0.1, 0.15) is 40.7 Å². The molecule has 202 valence electrons. The van der Waals surface area contributed by atoms with E-state index in [9.17, 15) is 27.9 Å². The van der Waals surface area contributed by atoms with E-state index in [-0.39, 0.29) is 19.4 Å². The Bertz CT molecular complexity index is 1490. The maximum Gasteiger partial charge on any atom is 0.416 e. The average molecular weight is 538 g/mol. The van der Waals surface area contributed by atoms with Gasteiger partial charge in [-0.25, -0.2) is 0 Å². The fourth-order valence-electron chi connectivity index (χ4n) is 4.31. The number of halogens is 3. The Morgan fingerprint density at radius 2 is 1.62 bits per heavy atom. The number of fused-ring (bicyclic) bond motifs is 1. The molecule has 0 amide bonds. The van der Waals surface area contributed by atoms with E-state index in [2.05, 4.69) is 0 Å². The molecule has 4 aromatic rings. The number of carboxylic acids is 2. The minimum atomic E-state index is -4.38. The Balaban J connectivity index is 1.48. The van der Waals surface area contributed by atoms with Crippen LogP contribution in [0.3, 0.4) is 0 Å². The average Bonchev–Trinajstić information content (AvgIpc) is 3.23. The number of alkyl halides is 3. The predicted molar refractivity (Wildman–Crippen MR) is 141 cm³/mol. The lowest BCUT2D eigenvalue weighted by Crippen LogP contribution is -2.05. The monoisotopic (exact) mass is 537 g/mol. The molecule has 39 heavy (non-hydrogen) atoms. The highest BCUT2D eigenvalue weighted by molar-refractivity contribution is 5.96. The van der Waals surface area contributed by atoms with Gasteiger partial charge in [0.05, 0.1) is 12.0 Å². The molecule has 2 N–H and O–H groups in total. The Labute approximate surface area is 222 Å². The van der Waals surface area contributed by atoms with Crippen molar-refractivity contribution in [3.05, 3.63) is 101 Å². The summed E-state index contributed by atoms with van der Waals surface area (Å²) in [6.07, 6.45) is 1.49. The van der Waals surface area contributed by atoms with Crippen molar-refractivity contribution >= 4 is 35.0 Å². The zero-order valence-electron chi connectivity index (χ0n) is 20.8. The fourth-order valence-corrected chi connectivity index (χ4v) is 4.31. The number of aromatic nitrogens is 1. The number of carboxylic acid groups (broad SMARTS) is 2. The van der Waals surface area contributed by atoms with Crippen LogP contribution in [0.2, 0.25) is 0 Å². The molecule has 0 saturated heterocycles. The summed E-state index contributed by atoms with van der Waals surface area (Å²) in [6.45, 7) is 0.592. The van der Waals surface area contributed by atoms with Crippen molar-refractivity contribution in [3.8, 4) is 5.75 Å². The van der Waals surface area contributed by atoms with Crippen molar-refractivity contribution in [1.82, 2.24) is 4.57 Å². The lowest BCUT2D eigenvalue weighted by atomic mass is 10.0. The van der Waals surface area contributed by atoms with Gasteiger partial charge < -0.3 is 19.5 Å². The minimum absolute atomic E-state index is 0.0254. The maximum atomic E-state index is 12.7. The molecule has 0 bridgehead atoms. The predicted octanol–water partition coefficient (Wildman–Crippen LogP) is 6.90. The number of hydrogen-bond acceptors (Lipinski definition) is 3. The van der Waals surface area contributed by atoms with Crippen LogP contribution < -0.4 is 4.74 Å². The third-order valence-corrected chi connectivity index (χ3v) is 6.17. The minimum Gasteiger partial charge on any atom is -0.489 e. The largest absolute Gasteiger partial charge is 0.489 e. The second-order valence-electron chi connectivity index (χ2n) is 9.04. The summed E-state index contributed by atoms with van der Waals surface area (Å²) in [5, 5.41) is 19.2. The molecule has 9 heteroatoms. The number of aryl methyl sites for hydroxylation is 1. The van der Waals surface area contributed by atoms with Gasteiger partial charge in [-0.3, -0.25) is 9.59 Å². The van der Waals surface area contributed by atoms with Crippen LogP contribution in [0.15, 0.2) is 72.9 Å². The first kappa shape index (κ1) is 27.5. The van der Waals surface area contributed by atoms with Gasteiger partial charge in [0, 0.05) is 30.1 Å². The number of rotatable bonds is 11. The molecule has 0 spiro atoms. The van der Waals surface area contributed by atoms with Gasteiger partial charge in [0.1, 0.15) is 12.4 Å². The van der Waals surface area contributed by atoms with Crippen LogP contribution in [0.4, 0.5) is 13.2 Å². The highest BCUT2D eigenvalue weighted by Crippen LogP contribution is 2.30. The number of nitrogens with zero attached hydrogens (tertiary/aromatic N) is 1. The van der Waals surface area contributed by atoms with Crippen LogP contribution in [0.25, 0.3) is 23.1 Å². The first-order valence-electron chi connectivity index (χ1n) is 12.2. The SMILES string of the molecule is O=C(O)CCCn1cc(CC(=O)O)c2c(/C=C/c3ccc(OCc4ccc(C(F)(F)F)cc4)cc3)cccc21. The third kappa shape index (κ3) is 7.28. The first-order valence-corrected chi connectivity index (χ1v) is 12.2. The van der Waals surface area contributed by atoms with Gasteiger partial charge in [-0.2, -0.15) is 13.2 Å². The molecule has 0 aliphatic heterocycles. The van der Waals surface area contributed by atoms with Gasteiger partial charge >= 0.3 is 18.1 Å². The van der Waals surface area contributed by atoms with Gasteiger partial charge in [0.25, 0.3) is 0 Å². The summed E-state index contributed by atoms with van der Waals surface area (Å²) in [5.41, 5.74) is 3.11. The molecule has 0 aliphatic carbocycles. The second-order valence-corrected chi connectivity index (χ2v) is 9.04. The quantitative estimate of drug-likeness (QED) is 0.203. The normalized spacial score (nSPS) is 11.8. The molecule has 0 fully saturated rings. The van der Waals surface area contributed by atoms with Crippen molar-refractivity contribution in [2.45, 2.75) is 38.6 Å². The second kappa shape index (κ2) is 11.9. The molecule has 0 unspecified atom stereocenters. The van der Waals surface area contributed by atoms with Crippen LogP contribution in [0.5, 0.6) is 5.75 Å². The maximum absolute atomic E-state index is 12.7. The van der Waals surface area contributed by atoms with Crippen LogP contribution in [0, 0.1) is 0 Å². The van der Waals surface area contributed by atoms with Gasteiger partial charge in [-0.1, -0.05) is 48.6 Å². The summed E-state index contributed by atoms with van der Waals surface area (Å²) < 4.78 is 45.7. The Morgan fingerprint density at radius 1 is 0.897 bits per heavy atom. The van der Waals surface area contributed by atoms with E-state index in [0.29, 0.717) is 29.8 Å². The van der Waals surface area contributed by atoms with Crippen molar-refractivity contribution in [3.63, 3.8) is 0 Å². The molecule has 0 radical (unpaired) electrons. The highest BCUT2D eigenvalue weighted by Gasteiger charge is 2.29. The van der Waals surface area contributed by atoms with Gasteiger partial charge in [-0.05, 0) is 59.0 Å². The van der Waals surface area contributed by atoms with Gasteiger partial charge in [0.2, 0.25) is 0 Å². The molecule has 6 nitrogen and oxygen atoms in total. The summed E-state index contributed by atoms with van der Waals surface area (Å²) >= 11 is 0. The molecule has 0 atom stereocenters. The van der Waals surface area contributed by atoms with Crippen molar-refractivity contribution in [2.24, 2.45) is 0 Å². The molecule has 0 saturated carbocycles. The number of carbonyl (C=O) groups is 2. The molecular weight excluding hydrogens is 511 g/mol. The van der Waals surface area contributed by atoms with Crippen LogP contribution >= 0.6 is 0 Å². The first-order chi connectivity index (χ1) is 18.6. The standard InChI is InChI=1S/C30H26F3NO5/c31-30(32,33)24-12-7-21(8-13-24)19-39-25-14-9-20(10-15-25)6-11-22-3-1-4-26-29(22)23(17-28(37)38)18-34(26)16-2-5-27(35)36/h1,3-4,6-15,18H,2,5,16-17,19H2,(H,35,36)(H,37,38)/b11-6+. The molecule has 1 aromatic heterocycles. The topological polar surface area (TPSA) is 88.8 Å². The van der Waals surface area contributed by atoms with Crippen molar-refractivity contribution < 1.29 is 37.7 Å². The van der Waals surface area contributed by atoms with E-state index < -0.39 is 23.7 Å². The van der Waals surface area contributed by atoms with Crippen LogP contribution in [-0.2, 0) is 35.3 Å². The number of benzene rings is 3. The van der Waals surface area contributed by atoms with E-state index in [1.54, 1.807) is 18.3 Å². The molecule has 1 heterocycles. The van der Waals surface area contributed by atoms with Crippen molar-refractivity contribution in [1.29, 1.82) is 0 Å². The lowest BCUT2D eigenvalue weighted by molar-refractivity contribution is -0.138. The molecular formula is C30H26F3NO5. The molecule has 0 aliphatic rings. The van der Waals surface area contributed by atoms with Gasteiger partial charge in [-0.15, -0.1) is 0 Å². The van der Waals surface area contributed by atoms with E-state index in [0.717, 1.165) is 34.2 Å². The van der Waals surface area contributed by atoms with Crippen molar-refractivity contribution in [2.75, 3.05) is 0 Å². The number of ether oxygens (including phenoxy) is 1. The van der Waals surface area contributed by atoms with Crippen LogP contribution in [-0.4, -0.2) is 26.7 Å². The third-order valence-electron chi connectivity index (χ3n) is 6.17. The van der Waals surface area contributed by atoms with E-state index in [1.165, 1.54) is 12.1 Å². The Hall–Kier alpha value is -4.53. The summed E-state index contributed by atoms with van der Waals surface area (Å²) in [6, 6.07) is 17.7. The zero-order valence-corrected chi connectivity index (χ0v) is 20.8. The highest BCUT2D eigenvalue weighted by atomic mass is 19.4. The van der Waals surface area contributed by atoms with E-state index >= 15 is 0 Å². The van der Waals surface area contributed by atoms with E-state index in [1.807, 2.05) is 47.1 Å². The summed E-state index contributed by atoms with van der Waals surface area (Å²) in [4.78, 5) is 22.4. The van der Waals surface area contributed by atoms with Gasteiger partial charge in [0.15, 0.2) is 0 Å². The number of aliphatic carboxylic acids is 2. The Morgan fingerprint density at radius 3 is 2.26 bits per heavy atom. The smallest absolute Gasteiger partial charge is 0.416 e. The fraction of sp³-hybridized carbons (Fsp3) is 0.200. The zero-order chi connectivity index (χ0) is 28.0. The van der Waals surface area contributed by atoms with E-state index in [4.69, 9.17) is 9.84 Å².